The molecular weight excluding hydrogens is 184 g/mol. The minimum absolute atomic E-state index is 0.0239. The average Bonchev–Trinajstić information content (AvgIpc) is 2.09. The van der Waals surface area contributed by atoms with Crippen molar-refractivity contribution in [3.05, 3.63) is 0 Å². The maximum absolute atomic E-state index is 11.6. The van der Waals surface area contributed by atoms with E-state index in [4.69, 9.17) is 0 Å². The number of rotatable bonds is 1. The highest BCUT2D eigenvalue weighted by Gasteiger charge is 2.34. The second-order valence-corrected chi connectivity index (χ2v) is 3.71. The van der Waals surface area contributed by atoms with E-state index in [9.17, 15) is 14.4 Å². The number of imide groups is 1. The largest absolute Gasteiger partial charge is 0.321 e. The molecule has 14 heavy (non-hydrogen) atoms. The number of hydrogen-bond donors (Lipinski definition) is 1. The van der Waals surface area contributed by atoms with Crippen molar-refractivity contribution in [1.82, 2.24) is 10.2 Å². The smallest absolute Gasteiger partial charge is 0.249 e. The van der Waals surface area contributed by atoms with Gasteiger partial charge in [0.05, 0.1) is 0 Å². The molecule has 5 nitrogen and oxygen atoms in total. The molecule has 5 heteroatoms. The SMILES string of the molecule is CC(C)C(=O)N1CC(=O)NC(=O)C1C. The molecule has 1 aliphatic rings. The third-order valence-electron chi connectivity index (χ3n) is 2.20. The Morgan fingerprint density at radius 1 is 1.50 bits per heavy atom. The molecular formula is C9H14N2O3. The minimum Gasteiger partial charge on any atom is -0.321 e. The maximum Gasteiger partial charge on any atom is 0.249 e. The summed E-state index contributed by atoms with van der Waals surface area (Å²) in [5, 5.41) is 2.18. The van der Waals surface area contributed by atoms with Gasteiger partial charge in [0.2, 0.25) is 17.7 Å². The van der Waals surface area contributed by atoms with E-state index in [2.05, 4.69) is 5.32 Å². The Morgan fingerprint density at radius 3 is 2.57 bits per heavy atom. The van der Waals surface area contributed by atoms with E-state index >= 15 is 0 Å². The van der Waals surface area contributed by atoms with Crippen LogP contribution in [0, 0.1) is 5.92 Å². The van der Waals surface area contributed by atoms with Crippen molar-refractivity contribution >= 4 is 17.7 Å². The highest BCUT2D eigenvalue weighted by Crippen LogP contribution is 2.09. The number of carbonyl (C=O) groups is 3. The third-order valence-corrected chi connectivity index (χ3v) is 2.20. The molecule has 0 aromatic rings. The summed E-state index contributed by atoms with van der Waals surface area (Å²) in [6.45, 7) is 5.07. The maximum atomic E-state index is 11.6. The van der Waals surface area contributed by atoms with E-state index in [0.717, 1.165) is 0 Å². The van der Waals surface area contributed by atoms with Gasteiger partial charge in [0.25, 0.3) is 0 Å². The fraction of sp³-hybridized carbons (Fsp3) is 0.667. The molecule has 0 aromatic heterocycles. The predicted octanol–water partition coefficient (Wildman–Crippen LogP) is -0.484. The molecule has 1 fully saturated rings. The van der Waals surface area contributed by atoms with Crippen molar-refractivity contribution in [2.75, 3.05) is 6.54 Å². The van der Waals surface area contributed by atoms with Crippen molar-refractivity contribution in [1.29, 1.82) is 0 Å². The minimum atomic E-state index is -0.553. The van der Waals surface area contributed by atoms with Crippen LogP contribution in [0.2, 0.25) is 0 Å². The van der Waals surface area contributed by atoms with E-state index in [0.29, 0.717) is 0 Å². The molecule has 0 aromatic carbocycles. The van der Waals surface area contributed by atoms with E-state index in [1.165, 1.54) is 4.90 Å². The first-order valence-corrected chi connectivity index (χ1v) is 4.57. The lowest BCUT2D eigenvalue weighted by Gasteiger charge is -2.32. The highest BCUT2D eigenvalue weighted by atomic mass is 16.2. The van der Waals surface area contributed by atoms with Crippen LogP contribution in [0.15, 0.2) is 0 Å². The zero-order chi connectivity index (χ0) is 10.9. The first-order valence-electron chi connectivity index (χ1n) is 4.57. The van der Waals surface area contributed by atoms with Crippen LogP contribution in [-0.2, 0) is 14.4 Å². The van der Waals surface area contributed by atoms with Gasteiger partial charge in [-0.25, -0.2) is 0 Å². The van der Waals surface area contributed by atoms with Gasteiger partial charge in [0.15, 0.2) is 0 Å². The first-order chi connectivity index (χ1) is 6.43. The Morgan fingerprint density at radius 2 is 2.07 bits per heavy atom. The molecule has 1 atom stereocenters. The second-order valence-electron chi connectivity index (χ2n) is 3.71. The number of amides is 3. The average molecular weight is 198 g/mol. The summed E-state index contributed by atoms with van der Waals surface area (Å²) in [7, 11) is 0. The Hall–Kier alpha value is -1.39. The zero-order valence-electron chi connectivity index (χ0n) is 8.53. The molecule has 1 N–H and O–H groups in total. The molecule has 0 saturated carbocycles. The lowest BCUT2D eigenvalue weighted by molar-refractivity contribution is -0.151. The lowest BCUT2D eigenvalue weighted by atomic mass is 10.1. The van der Waals surface area contributed by atoms with Crippen LogP contribution in [-0.4, -0.2) is 35.2 Å². The fourth-order valence-corrected chi connectivity index (χ4v) is 1.31. The van der Waals surface area contributed by atoms with Gasteiger partial charge < -0.3 is 4.90 Å². The molecule has 1 saturated heterocycles. The van der Waals surface area contributed by atoms with Crippen LogP contribution in [0.5, 0.6) is 0 Å². The number of nitrogens with zero attached hydrogens (tertiary/aromatic N) is 1. The normalized spacial score (nSPS) is 22.6. The van der Waals surface area contributed by atoms with Gasteiger partial charge in [-0.3, -0.25) is 19.7 Å². The molecule has 1 rings (SSSR count). The number of nitrogens with one attached hydrogen (secondary N) is 1. The van der Waals surface area contributed by atoms with Gasteiger partial charge in [-0.1, -0.05) is 13.8 Å². The van der Waals surface area contributed by atoms with Gasteiger partial charge in [0, 0.05) is 5.92 Å². The Labute approximate surface area is 82.4 Å². The molecule has 78 valence electrons. The van der Waals surface area contributed by atoms with E-state index in [1.54, 1.807) is 20.8 Å². The zero-order valence-corrected chi connectivity index (χ0v) is 8.53. The molecule has 1 heterocycles. The Kier molecular flexibility index (Phi) is 2.88. The summed E-state index contributed by atoms with van der Waals surface area (Å²) in [4.78, 5) is 35.2. The predicted molar refractivity (Wildman–Crippen MR) is 49.2 cm³/mol. The number of carbonyl (C=O) groups excluding carboxylic acids is 3. The van der Waals surface area contributed by atoms with Crippen LogP contribution < -0.4 is 5.32 Å². The lowest BCUT2D eigenvalue weighted by Crippen LogP contribution is -2.59. The number of hydrogen-bond acceptors (Lipinski definition) is 3. The van der Waals surface area contributed by atoms with Crippen molar-refractivity contribution < 1.29 is 14.4 Å². The van der Waals surface area contributed by atoms with E-state index in [-0.39, 0.29) is 18.4 Å². The topological polar surface area (TPSA) is 66.5 Å². The van der Waals surface area contributed by atoms with Crippen molar-refractivity contribution in [3.8, 4) is 0 Å². The molecule has 0 bridgehead atoms. The van der Waals surface area contributed by atoms with Crippen LogP contribution in [0.25, 0.3) is 0 Å². The van der Waals surface area contributed by atoms with E-state index < -0.39 is 17.9 Å². The molecule has 0 aliphatic carbocycles. The van der Waals surface area contributed by atoms with Gasteiger partial charge in [-0.2, -0.15) is 0 Å². The fourth-order valence-electron chi connectivity index (χ4n) is 1.31. The number of piperazine rings is 1. The molecule has 0 radical (unpaired) electrons. The van der Waals surface area contributed by atoms with Gasteiger partial charge in [-0.05, 0) is 6.92 Å². The highest BCUT2D eigenvalue weighted by molar-refractivity contribution is 6.04. The summed E-state index contributed by atoms with van der Waals surface area (Å²) in [6, 6.07) is -0.553. The molecule has 1 aliphatic heterocycles. The Bertz CT molecular complexity index is 286. The van der Waals surface area contributed by atoms with Crippen molar-refractivity contribution in [3.63, 3.8) is 0 Å². The third kappa shape index (κ3) is 1.92. The van der Waals surface area contributed by atoms with Crippen LogP contribution in [0.4, 0.5) is 0 Å². The summed E-state index contributed by atoms with van der Waals surface area (Å²) < 4.78 is 0. The second kappa shape index (κ2) is 3.77. The quantitative estimate of drug-likeness (QED) is 0.578. The molecule has 3 amide bonds. The standard InChI is InChI=1S/C9H14N2O3/c1-5(2)9(14)11-4-7(12)10-8(13)6(11)3/h5-6H,4H2,1-3H3,(H,10,12,13). The summed E-state index contributed by atoms with van der Waals surface area (Å²) in [6.07, 6.45) is 0. The van der Waals surface area contributed by atoms with Gasteiger partial charge >= 0.3 is 0 Å². The van der Waals surface area contributed by atoms with Crippen LogP contribution in [0.3, 0.4) is 0 Å². The van der Waals surface area contributed by atoms with E-state index in [1.807, 2.05) is 0 Å². The van der Waals surface area contributed by atoms with Crippen molar-refractivity contribution in [2.45, 2.75) is 26.8 Å². The molecule has 0 spiro atoms. The summed E-state index contributed by atoms with van der Waals surface area (Å²) in [5.74, 6) is -1.19. The first kappa shape index (κ1) is 10.7. The molecule has 1 unspecified atom stereocenters. The Balaban J connectivity index is 2.81. The monoisotopic (exact) mass is 198 g/mol. The van der Waals surface area contributed by atoms with Gasteiger partial charge in [0.1, 0.15) is 12.6 Å². The van der Waals surface area contributed by atoms with Gasteiger partial charge in [-0.15, -0.1) is 0 Å². The summed E-state index contributed by atoms with van der Waals surface area (Å²) >= 11 is 0. The van der Waals surface area contributed by atoms with Crippen LogP contribution >= 0.6 is 0 Å². The van der Waals surface area contributed by atoms with Crippen molar-refractivity contribution in [2.24, 2.45) is 5.92 Å². The van der Waals surface area contributed by atoms with Crippen LogP contribution in [0.1, 0.15) is 20.8 Å². The summed E-state index contributed by atoms with van der Waals surface area (Å²) in [5.41, 5.74) is 0.